The number of aromatic nitrogens is 2. The minimum Gasteiger partial charge on any atom is -0.549 e. The number of carbonyl (C=O) groups is 1. The third kappa shape index (κ3) is 9.21. The molecule has 50 heavy (non-hydrogen) atoms. The van der Waals surface area contributed by atoms with Crippen molar-refractivity contribution in [2.24, 2.45) is 0 Å². The number of rotatable bonds is 16. The quantitative estimate of drug-likeness (QED) is 0.0811. The SMILES string of the molecule is COc1cc(C(C)(C)c2cnc(SCc3c(F)cc(S(=O)(=O)N(CCCC[N+](C)(C)C)CC(=O)[O-])cc3F)n2-c2ccc(F)cc2)ccc1Cl. The molecule has 0 aliphatic rings. The minimum atomic E-state index is -4.58. The van der Waals surface area contributed by atoms with Gasteiger partial charge in [0.05, 0.1) is 69.1 Å². The molecule has 0 radical (unpaired) electrons. The molecule has 270 valence electrons. The molecule has 0 amide bonds. The van der Waals surface area contributed by atoms with Crippen LogP contribution in [0.1, 0.15) is 43.5 Å². The molecule has 0 unspecified atom stereocenters. The Kier molecular flexibility index (Phi) is 12.4. The lowest BCUT2D eigenvalue weighted by molar-refractivity contribution is -0.870. The van der Waals surface area contributed by atoms with Gasteiger partial charge in [-0.05, 0) is 66.9 Å². The van der Waals surface area contributed by atoms with Gasteiger partial charge in [0, 0.05) is 29.0 Å². The second kappa shape index (κ2) is 15.8. The number of aliphatic carboxylic acids is 1. The summed E-state index contributed by atoms with van der Waals surface area (Å²) >= 11 is 7.27. The maximum Gasteiger partial charge on any atom is 0.243 e. The van der Waals surface area contributed by atoms with E-state index in [1.54, 1.807) is 35.0 Å². The average Bonchev–Trinajstić information content (AvgIpc) is 3.46. The van der Waals surface area contributed by atoms with Crippen molar-refractivity contribution in [3.8, 4) is 11.4 Å². The molecule has 4 aromatic rings. The van der Waals surface area contributed by atoms with E-state index in [1.165, 1.54) is 19.2 Å². The normalized spacial score (nSPS) is 12.5. The number of hydrogen-bond acceptors (Lipinski definition) is 7. The van der Waals surface area contributed by atoms with Crippen LogP contribution in [0.25, 0.3) is 5.69 Å². The van der Waals surface area contributed by atoms with Crippen LogP contribution in [-0.2, 0) is 26.0 Å². The van der Waals surface area contributed by atoms with Crippen molar-refractivity contribution < 1.29 is 40.7 Å². The molecule has 3 aromatic carbocycles. The molecule has 15 heteroatoms. The maximum absolute atomic E-state index is 15.5. The zero-order valence-electron chi connectivity index (χ0n) is 28.7. The highest BCUT2D eigenvalue weighted by Gasteiger charge is 2.31. The van der Waals surface area contributed by atoms with Gasteiger partial charge in [0.25, 0.3) is 0 Å². The van der Waals surface area contributed by atoms with E-state index in [4.69, 9.17) is 16.3 Å². The largest absolute Gasteiger partial charge is 0.549 e. The van der Waals surface area contributed by atoms with Gasteiger partial charge in [-0.2, -0.15) is 4.31 Å². The van der Waals surface area contributed by atoms with Crippen molar-refractivity contribution >= 4 is 39.4 Å². The molecular weight excluding hydrogens is 713 g/mol. The first-order valence-corrected chi connectivity index (χ1v) is 18.4. The molecule has 1 heterocycles. The third-order valence-corrected chi connectivity index (χ3v) is 11.3. The highest BCUT2D eigenvalue weighted by molar-refractivity contribution is 7.98. The summed E-state index contributed by atoms with van der Waals surface area (Å²) in [6.07, 6.45) is 2.57. The summed E-state index contributed by atoms with van der Waals surface area (Å²) in [5, 5.41) is 12.2. The van der Waals surface area contributed by atoms with Crippen LogP contribution >= 0.6 is 23.4 Å². The molecule has 0 bridgehead atoms. The van der Waals surface area contributed by atoms with Gasteiger partial charge in [-0.15, -0.1) is 0 Å². The van der Waals surface area contributed by atoms with Crippen LogP contribution in [-0.4, -0.2) is 80.6 Å². The average molecular weight is 753 g/mol. The molecule has 9 nitrogen and oxygen atoms in total. The number of hydrogen-bond donors (Lipinski definition) is 0. The first kappa shape index (κ1) is 39.2. The van der Waals surface area contributed by atoms with E-state index in [-0.39, 0.29) is 12.3 Å². The number of carboxylic acids is 1. The monoisotopic (exact) mass is 752 g/mol. The van der Waals surface area contributed by atoms with E-state index < -0.39 is 55.9 Å². The number of unbranched alkanes of at least 4 members (excludes halogenated alkanes) is 1. The topological polar surface area (TPSA) is 105 Å². The Morgan fingerprint density at radius 1 is 1.04 bits per heavy atom. The van der Waals surface area contributed by atoms with Gasteiger partial charge in [0.15, 0.2) is 5.16 Å². The Bertz CT molecular complexity index is 1930. The predicted molar refractivity (Wildman–Crippen MR) is 185 cm³/mol. The zero-order chi connectivity index (χ0) is 37.0. The fourth-order valence-corrected chi connectivity index (χ4v) is 8.02. The zero-order valence-corrected chi connectivity index (χ0v) is 31.1. The molecule has 0 saturated heterocycles. The summed E-state index contributed by atoms with van der Waals surface area (Å²) in [5.41, 5.74) is 0.933. The van der Waals surface area contributed by atoms with Crippen LogP contribution in [0.3, 0.4) is 0 Å². The van der Waals surface area contributed by atoms with E-state index in [1.807, 2.05) is 41.1 Å². The first-order valence-electron chi connectivity index (χ1n) is 15.6. The summed E-state index contributed by atoms with van der Waals surface area (Å²) in [7, 11) is 2.83. The van der Waals surface area contributed by atoms with E-state index in [9.17, 15) is 22.7 Å². The lowest BCUT2D eigenvalue weighted by Crippen LogP contribution is -2.42. The van der Waals surface area contributed by atoms with Crippen molar-refractivity contribution in [2.75, 3.05) is 47.9 Å². The molecule has 0 fully saturated rings. The van der Waals surface area contributed by atoms with Crippen LogP contribution < -0.4 is 9.84 Å². The predicted octanol–water partition coefficient (Wildman–Crippen LogP) is 5.80. The maximum atomic E-state index is 15.5. The standard InChI is InChI=1S/C35H40ClF3N4O5S2/c1-35(2,23-9-14-28(36)31(17-23)48-6)32-20-40-34(42(32)25-12-10-24(37)11-13-25)49-22-27-29(38)18-26(19-30(27)39)50(46,47)41(21-33(44)45)15-7-8-16-43(3,4)5/h9-14,17-20H,7-8,15-16,21-22H2,1-6H3. The number of ether oxygens (including phenoxy) is 1. The number of imidazole rings is 1. The molecule has 0 saturated carbocycles. The highest BCUT2D eigenvalue weighted by atomic mass is 35.5. The Morgan fingerprint density at radius 2 is 1.68 bits per heavy atom. The van der Waals surface area contributed by atoms with Crippen LogP contribution in [0.5, 0.6) is 5.75 Å². The fourth-order valence-electron chi connectivity index (χ4n) is 5.37. The number of quaternary nitrogens is 1. The summed E-state index contributed by atoms with van der Waals surface area (Å²) in [4.78, 5) is 15.3. The highest BCUT2D eigenvalue weighted by Crippen LogP contribution is 2.39. The number of methoxy groups -OCH3 is 1. The van der Waals surface area contributed by atoms with Crippen LogP contribution in [0, 0.1) is 17.5 Å². The number of sulfonamides is 1. The van der Waals surface area contributed by atoms with Crippen molar-refractivity contribution in [2.45, 2.75) is 47.9 Å². The Labute approximate surface area is 300 Å². The van der Waals surface area contributed by atoms with E-state index in [2.05, 4.69) is 4.98 Å². The number of nitrogens with zero attached hydrogens (tertiary/aromatic N) is 4. The lowest BCUT2D eigenvalue weighted by Gasteiger charge is -2.28. The molecule has 1 aromatic heterocycles. The van der Waals surface area contributed by atoms with Crippen molar-refractivity contribution in [3.63, 3.8) is 0 Å². The Morgan fingerprint density at radius 3 is 2.26 bits per heavy atom. The number of carbonyl (C=O) groups excluding carboxylic acids is 1. The Hall–Kier alpha value is -3.56. The fraction of sp³-hybridized carbons (Fsp3) is 0.371. The first-order chi connectivity index (χ1) is 23.3. The van der Waals surface area contributed by atoms with E-state index in [0.29, 0.717) is 67.6 Å². The van der Waals surface area contributed by atoms with Crippen LogP contribution in [0.4, 0.5) is 13.2 Å². The number of benzene rings is 3. The molecule has 0 atom stereocenters. The lowest BCUT2D eigenvalue weighted by atomic mass is 9.81. The minimum absolute atomic E-state index is 0.162. The summed E-state index contributed by atoms with van der Waals surface area (Å²) < 4.78 is 80.3. The number of thioether (sulfide) groups is 1. The summed E-state index contributed by atoms with van der Waals surface area (Å²) in [5.74, 6) is -4.14. The van der Waals surface area contributed by atoms with Crippen LogP contribution in [0.2, 0.25) is 5.02 Å². The van der Waals surface area contributed by atoms with Gasteiger partial charge in [0.2, 0.25) is 10.0 Å². The van der Waals surface area contributed by atoms with Gasteiger partial charge in [-0.1, -0.05) is 43.3 Å². The Balaban J connectivity index is 1.66. The van der Waals surface area contributed by atoms with Gasteiger partial charge in [-0.25, -0.2) is 26.6 Å². The smallest absolute Gasteiger partial charge is 0.243 e. The van der Waals surface area contributed by atoms with Crippen molar-refractivity contribution in [3.05, 3.63) is 100 Å². The van der Waals surface area contributed by atoms with Gasteiger partial charge in [-0.3, -0.25) is 4.57 Å². The molecule has 0 aliphatic heterocycles. The molecule has 0 N–H and O–H groups in total. The second-order valence-corrected chi connectivity index (χ2v) is 16.6. The number of carboxylic acid groups (broad SMARTS) is 1. The van der Waals surface area contributed by atoms with Gasteiger partial charge >= 0.3 is 0 Å². The van der Waals surface area contributed by atoms with Crippen molar-refractivity contribution in [1.29, 1.82) is 0 Å². The summed E-state index contributed by atoms with van der Waals surface area (Å²) in [6.45, 7) is 3.50. The molecular formula is C35H40ClF3N4O5S2. The van der Waals surface area contributed by atoms with Gasteiger partial charge in [0.1, 0.15) is 23.2 Å². The number of halogens is 4. The molecule has 4 rings (SSSR count). The summed E-state index contributed by atoms with van der Waals surface area (Å²) in [6, 6.07) is 12.4. The molecule has 0 aliphatic carbocycles. The van der Waals surface area contributed by atoms with E-state index in [0.717, 1.165) is 17.3 Å². The van der Waals surface area contributed by atoms with Crippen LogP contribution in [0.15, 0.2) is 70.8 Å². The van der Waals surface area contributed by atoms with Gasteiger partial charge < -0.3 is 19.1 Å². The van der Waals surface area contributed by atoms with Crippen molar-refractivity contribution in [1.82, 2.24) is 13.9 Å². The molecule has 0 spiro atoms. The van der Waals surface area contributed by atoms with E-state index >= 15 is 8.78 Å². The second-order valence-electron chi connectivity index (χ2n) is 13.3. The third-order valence-electron chi connectivity index (χ3n) is 8.22.